The van der Waals surface area contributed by atoms with Crippen LogP contribution in [0.15, 0.2) is 59.4 Å². The fraction of sp³-hybridized carbons (Fsp3) is 0.217. The SMILES string of the molecule is CCCN(C(=O)c1cc2c(=O)n(CC)c3ccccc3c2s1)c1ccc(F)cc1. The minimum absolute atomic E-state index is 0.0830. The highest BCUT2D eigenvalue weighted by Gasteiger charge is 2.22. The van der Waals surface area contributed by atoms with E-state index in [0.29, 0.717) is 29.0 Å². The van der Waals surface area contributed by atoms with Gasteiger partial charge in [-0.1, -0.05) is 25.1 Å². The second-order valence-electron chi connectivity index (χ2n) is 6.85. The van der Waals surface area contributed by atoms with Crippen molar-refractivity contribution in [3.8, 4) is 0 Å². The highest BCUT2D eigenvalue weighted by atomic mass is 32.1. The Balaban J connectivity index is 1.88. The third-order valence-electron chi connectivity index (χ3n) is 5.00. The number of aryl methyl sites for hydroxylation is 1. The van der Waals surface area contributed by atoms with Crippen molar-refractivity contribution in [3.63, 3.8) is 0 Å². The summed E-state index contributed by atoms with van der Waals surface area (Å²) < 4.78 is 15.9. The molecule has 0 N–H and O–H groups in total. The molecule has 0 spiro atoms. The molecule has 0 unspecified atom stereocenters. The molecule has 6 heteroatoms. The average molecular weight is 408 g/mol. The lowest BCUT2D eigenvalue weighted by molar-refractivity contribution is 0.0991. The molecular weight excluding hydrogens is 387 g/mol. The third-order valence-corrected chi connectivity index (χ3v) is 6.16. The summed E-state index contributed by atoms with van der Waals surface area (Å²) in [6.07, 6.45) is 0.763. The number of para-hydroxylation sites is 1. The Morgan fingerprint density at radius 1 is 1.07 bits per heavy atom. The second-order valence-corrected chi connectivity index (χ2v) is 7.91. The summed E-state index contributed by atoms with van der Waals surface area (Å²) >= 11 is 1.34. The minimum atomic E-state index is -0.342. The molecule has 0 aliphatic carbocycles. The van der Waals surface area contributed by atoms with E-state index in [9.17, 15) is 14.0 Å². The van der Waals surface area contributed by atoms with Gasteiger partial charge in [-0.05, 0) is 49.7 Å². The largest absolute Gasteiger partial charge is 0.308 e. The maximum atomic E-state index is 13.3. The van der Waals surface area contributed by atoms with Gasteiger partial charge in [0.2, 0.25) is 0 Å². The molecule has 0 radical (unpaired) electrons. The molecule has 1 amide bonds. The van der Waals surface area contributed by atoms with E-state index < -0.39 is 0 Å². The molecule has 0 bridgehead atoms. The summed E-state index contributed by atoms with van der Waals surface area (Å²) in [6.45, 7) is 5.00. The maximum Gasteiger partial charge on any atom is 0.268 e. The number of thiophene rings is 1. The highest BCUT2D eigenvalue weighted by Crippen LogP contribution is 2.32. The first-order valence-electron chi connectivity index (χ1n) is 9.67. The van der Waals surface area contributed by atoms with Crippen molar-refractivity contribution >= 4 is 43.9 Å². The fourth-order valence-electron chi connectivity index (χ4n) is 3.65. The standard InChI is InChI=1S/C23H21FN2O2S/c1-3-13-26(16-11-9-15(24)10-12-16)23(28)20-14-18-21(29-20)17-7-5-6-8-19(17)25(4-2)22(18)27/h5-12,14H,3-4,13H2,1-2H3. The molecule has 0 fully saturated rings. The monoisotopic (exact) mass is 408 g/mol. The number of pyridine rings is 1. The lowest BCUT2D eigenvalue weighted by Crippen LogP contribution is -2.31. The summed E-state index contributed by atoms with van der Waals surface area (Å²) in [6, 6.07) is 15.4. The number of amides is 1. The van der Waals surface area contributed by atoms with Crippen molar-refractivity contribution < 1.29 is 9.18 Å². The van der Waals surface area contributed by atoms with Gasteiger partial charge >= 0.3 is 0 Å². The van der Waals surface area contributed by atoms with Crippen LogP contribution in [0.25, 0.3) is 21.0 Å². The van der Waals surface area contributed by atoms with E-state index in [-0.39, 0.29) is 17.3 Å². The molecule has 0 saturated carbocycles. The molecule has 0 aliphatic rings. The van der Waals surface area contributed by atoms with E-state index in [2.05, 4.69) is 0 Å². The van der Waals surface area contributed by atoms with Gasteiger partial charge in [-0.25, -0.2) is 4.39 Å². The predicted molar refractivity (Wildman–Crippen MR) is 118 cm³/mol. The van der Waals surface area contributed by atoms with E-state index in [1.807, 2.05) is 38.1 Å². The van der Waals surface area contributed by atoms with Crippen LogP contribution in [0.3, 0.4) is 0 Å². The topological polar surface area (TPSA) is 42.3 Å². The minimum Gasteiger partial charge on any atom is -0.308 e. The molecule has 4 aromatic rings. The molecule has 4 rings (SSSR count). The van der Waals surface area contributed by atoms with Crippen LogP contribution in [0.2, 0.25) is 0 Å². The van der Waals surface area contributed by atoms with Crippen molar-refractivity contribution in [1.29, 1.82) is 0 Å². The molecule has 2 aromatic heterocycles. The summed E-state index contributed by atoms with van der Waals surface area (Å²) in [7, 11) is 0. The molecule has 0 saturated heterocycles. The number of halogens is 1. The molecular formula is C23H21FN2O2S. The Labute approximate surface area is 171 Å². The van der Waals surface area contributed by atoms with E-state index in [0.717, 1.165) is 22.0 Å². The van der Waals surface area contributed by atoms with Crippen molar-refractivity contribution in [2.45, 2.75) is 26.8 Å². The molecule has 0 atom stereocenters. The van der Waals surface area contributed by atoms with Crippen LogP contribution in [-0.4, -0.2) is 17.0 Å². The lowest BCUT2D eigenvalue weighted by Gasteiger charge is -2.21. The van der Waals surface area contributed by atoms with Gasteiger partial charge < -0.3 is 9.47 Å². The van der Waals surface area contributed by atoms with Gasteiger partial charge in [-0.3, -0.25) is 9.59 Å². The van der Waals surface area contributed by atoms with E-state index in [1.54, 1.807) is 27.7 Å². The lowest BCUT2D eigenvalue weighted by atomic mass is 10.1. The van der Waals surface area contributed by atoms with Crippen LogP contribution < -0.4 is 10.5 Å². The Kier molecular flexibility index (Phi) is 5.20. The molecule has 2 aromatic carbocycles. The fourth-order valence-corrected chi connectivity index (χ4v) is 4.78. The van der Waals surface area contributed by atoms with Gasteiger partial charge in [0.15, 0.2) is 0 Å². The van der Waals surface area contributed by atoms with Gasteiger partial charge in [0, 0.05) is 28.9 Å². The van der Waals surface area contributed by atoms with Crippen LogP contribution in [-0.2, 0) is 6.54 Å². The Morgan fingerprint density at radius 3 is 2.48 bits per heavy atom. The first kappa shape index (κ1) is 19.3. The van der Waals surface area contributed by atoms with Crippen LogP contribution in [0.1, 0.15) is 29.9 Å². The summed E-state index contributed by atoms with van der Waals surface area (Å²) in [5.41, 5.74) is 1.43. The van der Waals surface area contributed by atoms with Gasteiger partial charge in [-0.15, -0.1) is 11.3 Å². The third kappa shape index (κ3) is 3.34. The molecule has 148 valence electrons. The second kappa shape index (κ2) is 7.79. The van der Waals surface area contributed by atoms with Crippen molar-refractivity contribution in [2.75, 3.05) is 11.4 Å². The maximum absolute atomic E-state index is 13.3. The number of carbonyl (C=O) groups is 1. The van der Waals surface area contributed by atoms with Crippen LogP contribution in [0.5, 0.6) is 0 Å². The smallest absolute Gasteiger partial charge is 0.268 e. The number of fused-ring (bicyclic) bond motifs is 3. The zero-order valence-electron chi connectivity index (χ0n) is 16.3. The summed E-state index contributed by atoms with van der Waals surface area (Å²) in [4.78, 5) is 28.5. The van der Waals surface area contributed by atoms with Crippen molar-refractivity contribution in [3.05, 3.63) is 75.6 Å². The number of hydrogen-bond donors (Lipinski definition) is 0. The normalized spacial score (nSPS) is 11.3. The first-order valence-corrected chi connectivity index (χ1v) is 10.5. The summed E-state index contributed by atoms with van der Waals surface area (Å²) in [5, 5.41) is 1.53. The molecule has 4 nitrogen and oxygen atoms in total. The van der Waals surface area contributed by atoms with E-state index in [1.165, 1.54) is 23.5 Å². The number of benzene rings is 2. The van der Waals surface area contributed by atoms with E-state index >= 15 is 0 Å². The molecule has 0 aliphatic heterocycles. The predicted octanol–water partition coefficient (Wildman–Crippen LogP) is 5.43. The van der Waals surface area contributed by atoms with Gasteiger partial charge in [-0.2, -0.15) is 0 Å². The molecule has 2 heterocycles. The van der Waals surface area contributed by atoms with Crippen LogP contribution in [0, 0.1) is 5.82 Å². The quantitative estimate of drug-likeness (QED) is 0.442. The van der Waals surface area contributed by atoms with Crippen LogP contribution >= 0.6 is 11.3 Å². The highest BCUT2D eigenvalue weighted by molar-refractivity contribution is 7.21. The molecule has 29 heavy (non-hydrogen) atoms. The summed E-state index contributed by atoms with van der Waals surface area (Å²) in [5.74, 6) is -0.516. The number of rotatable bonds is 5. The zero-order valence-corrected chi connectivity index (χ0v) is 17.1. The zero-order chi connectivity index (χ0) is 20.5. The number of carbonyl (C=O) groups excluding carboxylic acids is 1. The van der Waals surface area contributed by atoms with E-state index in [4.69, 9.17) is 0 Å². The Hall–Kier alpha value is -2.99. The van der Waals surface area contributed by atoms with Crippen molar-refractivity contribution in [2.24, 2.45) is 0 Å². The number of nitrogens with zero attached hydrogens (tertiary/aromatic N) is 2. The van der Waals surface area contributed by atoms with Gasteiger partial charge in [0.1, 0.15) is 5.82 Å². The van der Waals surface area contributed by atoms with Crippen LogP contribution in [0.4, 0.5) is 10.1 Å². The number of aromatic nitrogens is 1. The first-order chi connectivity index (χ1) is 14.0. The van der Waals surface area contributed by atoms with Gasteiger partial charge in [0.05, 0.1) is 15.8 Å². The van der Waals surface area contributed by atoms with Gasteiger partial charge in [0.25, 0.3) is 11.5 Å². The van der Waals surface area contributed by atoms with Crippen molar-refractivity contribution in [1.82, 2.24) is 4.57 Å². The Morgan fingerprint density at radius 2 is 1.79 bits per heavy atom. The Bertz CT molecular complexity index is 1260. The number of hydrogen-bond acceptors (Lipinski definition) is 3. The number of anilines is 1. The average Bonchev–Trinajstić information content (AvgIpc) is 3.19.